The molecular weight excluding hydrogens is 528 g/mol. The van der Waals surface area contributed by atoms with Gasteiger partial charge in [0.15, 0.2) is 0 Å². The van der Waals surface area contributed by atoms with Gasteiger partial charge in [0, 0.05) is 6.92 Å². The van der Waals surface area contributed by atoms with Gasteiger partial charge in [-0.15, -0.1) is 4.74 Å². The van der Waals surface area contributed by atoms with Gasteiger partial charge in [0.1, 0.15) is 36.9 Å². The molecule has 4 rings (SSSR count). The Morgan fingerprint density at radius 2 is 1.66 bits per heavy atom. The van der Waals surface area contributed by atoms with Gasteiger partial charge in [0.25, 0.3) is 0 Å². The van der Waals surface area contributed by atoms with Gasteiger partial charge >= 0.3 is 17.4 Å². The normalized spacial score (nSPS) is 12.5. The molecule has 4 aromatic rings. The van der Waals surface area contributed by atoms with Crippen molar-refractivity contribution in [2.45, 2.75) is 53.4 Å². The average Bonchev–Trinajstić information content (AvgIpc) is 3.23. The number of aliphatic hydroxyl groups is 1. The number of hydrogen-bond acceptors (Lipinski definition) is 8. The van der Waals surface area contributed by atoms with E-state index in [0.29, 0.717) is 18.1 Å². The molecule has 0 bridgehead atoms. The fourth-order valence-electron chi connectivity index (χ4n) is 4.52. The number of carbonyl (C=O) groups excluding carboxylic acids is 1. The van der Waals surface area contributed by atoms with Crippen LogP contribution in [0.1, 0.15) is 41.7 Å². The summed E-state index contributed by atoms with van der Waals surface area (Å²) in [4.78, 5) is 36.0. The molecule has 1 heterocycles. The summed E-state index contributed by atoms with van der Waals surface area (Å²) in [5.74, 6) is 0.0438. The highest BCUT2D eigenvalue weighted by molar-refractivity contribution is 5.75. The van der Waals surface area contributed by atoms with Crippen LogP contribution in [-0.4, -0.2) is 39.6 Å². The number of aromatic nitrogens is 2. The zero-order valence-corrected chi connectivity index (χ0v) is 23.8. The number of aryl methyl sites for hydroxylation is 2. The van der Waals surface area contributed by atoms with E-state index in [0.717, 1.165) is 43.7 Å². The summed E-state index contributed by atoms with van der Waals surface area (Å²) in [6, 6.07) is 17.2. The molecule has 0 spiro atoms. The lowest BCUT2D eigenvalue weighted by atomic mass is 9.90. The van der Waals surface area contributed by atoms with Gasteiger partial charge in [0.2, 0.25) is 0 Å². The van der Waals surface area contributed by atoms with E-state index in [1.165, 1.54) is 6.92 Å². The van der Waals surface area contributed by atoms with Crippen LogP contribution in [0.15, 0.2) is 68.7 Å². The van der Waals surface area contributed by atoms with Gasteiger partial charge in [-0.05, 0) is 90.9 Å². The third kappa shape index (κ3) is 7.55. The van der Waals surface area contributed by atoms with E-state index in [1.54, 1.807) is 19.1 Å². The highest BCUT2D eigenvalue weighted by Crippen LogP contribution is 2.34. The van der Waals surface area contributed by atoms with E-state index in [1.807, 2.05) is 50.2 Å². The number of hydrogen-bond donors (Lipinski definition) is 2. The molecule has 1 aromatic heterocycles. The number of benzene rings is 3. The number of ether oxygens (including phenoxy) is 3. The number of nitrogens with one attached hydrogen (secondary N) is 1. The molecule has 10 nitrogen and oxygen atoms in total. The predicted octanol–water partition coefficient (Wildman–Crippen LogP) is 4.04. The zero-order chi connectivity index (χ0) is 29.7. The standard InChI is InChI=1S/C31H34N2O8/c1-19-13-26(40-18-31(5,37)17-39-22(4)34)14-20(2)28(19)27-8-6-7-24(21(27)3)16-38-25-11-9-23(10-12-25)15-33-29(35)32-30(36)41-33/h6-14,37H,15-18H2,1-5H3,(H,32,35,36). The summed E-state index contributed by atoms with van der Waals surface area (Å²) in [5, 5.41) is 10.4. The molecule has 0 aliphatic rings. The van der Waals surface area contributed by atoms with Crippen LogP contribution >= 0.6 is 0 Å². The third-order valence-electron chi connectivity index (χ3n) is 6.63. The van der Waals surface area contributed by atoms with E-state index in [9.17, 15) is 19.5 Å². The van der Waals surface area contributed by atoms with Gasteiger partial charge in [-0.1, -0.05) is 30.3 Å². The van der Waals surface area contributed by atoms with Crippen molar-refractivity contribution in [1.29, 1.82) is 0 Å². The van der Waals surface area contributed by atoms with E-state index in [-0.39, 0.29) is 19.8 Å². The van der Waals surface area contributed by atoms with Gasteiger partial charge in [-0.3, -0.25) is 4.79 Å². The third-order valence-corrected chi connectivity index (χ3v) is 6.63. The number of aromatic amines is 1. The highest BCUT2D eigenvalue weighted by Gasteiger charge is 2.24. The van der Waals surface area contributed by atoms with Gasteiger partial charge in [-0.25, -0.2) is 14.6 Å². The minimum absolute atomic E-state index is 0.0215. The molecule has 0 radical (unpaired) electrons. The molecule has 0 aliphatic carbocycles. The van der Waals surface area contributed by atoms with Crippen LogP contribution in [0.4, 0.5) is 0 Å². The lowest BCUT2D eigenvalue weighted by Crippen LogP contribution is -2.38. The first-order valence-corrected chi connectivity index (χ1v) is 13.1. The van der Waals surface area contributed by atoms with Crippen molar-refractivity contribution in [2.75, 3.05) is 13.2 Å². The van der Waals surface area contributed by atoms with E-state index in [2.05, 4.69) is 18.0 Å². The Kier molecular flexibility index (Phi) is 8.83. The summed E-state index contributed by atoms with van der Waals surface area (Å²) >= 11 is 0. The first kappa shape index (κ1) is 29.4. The molecule has 0 saturated heterocycles. The van der Waals surface area contributed by atoms with E-state index < -0.39 is 23.0 Å². The van der Waals surface area contributed by atoms with Gasteiger partial charge in [-0.2, -0.15) is 0 Å². The van der Waals surface area contributed by atoms with Crippen LogP contribution in [0.25, 0.3) is 11.1 Å². The van der Waals surface area contributed by atoms with Crippen LogP contribution < -0.4 is 20.9 Å². The van der Waals surface area contributed by atoms with Crippen LogP contribution in [0.2, 0.25) is 0 Å². The van der Waals surface area contributed by atoms with E-state index in [4.69, 9.17) is 18.7 Å². The SMILES string of the molecule is CC(=O)OCC(C)(O)COc1cc(C)c(-c2cccc(COc3ccc(Cn4oc(=O)[nH]c4=O)cc3)c2C)c(C)c1. The summed E-state index contributed by atoms with van der Waals surface area (Å²) in [6.07, 6.45) is 0. The molecule has 10 heteroatoms. The van der Waals surface area contributed by atoms with Crippen molar-refractivity contribution in [1.82, 2.24) is 9.72 Å². The molecule has 2 N–H and O–H groups in total. The molecule has 0 amide bonds. The maximum atomic E-state index is 11.7. The molecule has 41 heavy (non-hydrogen) atoms. The Labute approximate surface area is 237 Å². The fourth-order valence-corrected chi connectivity index (χ4v) is 4.52. The van der Waals surface area contributed by atoms with Crippen LogP contribution in [-0.2, 0) is 22.7 Å². The second kappa shape index (κ2) is 12.3. The lowest BCUT2D eigenvalue weighted by molar-refractivity contribution is -0.149. The largest absolute Gasteiger partial charge is 0.490 e. The first-order chi connectivity index (χ1) is 19.4. The maximum absolute atomic E-state index is 11.7. The first-order valence-electron chi connectivity index (χ1n) is 13.1. The highest BCUT2D eigenvalue weighted by atomic mass is 16.6. The molecule has 1 atom stereocenters. The van der Waals surface area contributed by atoms with E-state index >= 15 is 0 Å². The molecule has 1 unspecified atom stereocenters. The molecule has 0 aliphatic heterocycles. The zero-order valence-electron chi connectivity index (χ0n) is 23.8. The van der Waals surface area contributed by atoms with Crippen molar-refractivity contribution in [3.8, 4) is 22.6 Å². The number of esters is 1. The Morgan fingerprint density at radius 1 is 0.976 bits per heavy atom. The quantitative estimate of drug-likeness (QED) is 0.262. The average molecular weight is 563 g/mol. The molecule has 3 aromatic carbocycles. The van der Waals surface area contributed by atoms with Crippen LogP contribution in [0, 0.1) is 20.8 Å². The Bertz CT molecular complexity index is 1620. The molecule has 216 valence electrons. The fraction of sp³-hybridized carbons (Fsp3) is 0.323. The molecular formula is C31H34N2O8. The van der Waals surface area contributed by atoms with Crippen LogP contribution in [0.5, 0.6) is 11.5 Å². The minimum atomic E-state index is -1.31. The Hall–Kier alpha value is -4.57. The number of nitrogens with zero attached hydrogens (tertiary/aromatic N) is 1. The second-order valence-corrected chi connectivity index (χ2v) is 10.4. The maximum Gasteiger partial charge on any atom is 0.440 e. The van der Waals surface area contributed by atoms with Gasteiger partial charge in [0.05, 0.1) is 6.54 Å². The number of H-pyrrole nitrogens is 1. The Balaban J connectivity index is 1.44. The second-order valence-electron chi connectivity index (χ2n) is 10.4. The Morgan fingerprint density at radius 3 is 2.27 bits per heavy atom. The van der Waals surface area contributed by atoms with Crippen LogP contribution in [0.3, 0.4) is 0 Å². The van der Waals surface area contributed by atoms with Crippen molar-refractivity contribution >= 4 is 5.97 Å². The predicted molar refractivity (Wildman–Crippen MR) is 152 cm³/mol. The lowest BCUT2D eigenvalue weighted by Gasteiger charge is -2.23. The monoisotopic (exact) mass is 562 g/mol. The van der Waals surface area contributed by atoms with Crippen molar-refractivity contribution < 1.29 is 28.6 Å². The summed E-state index contributed by atoms with van der Waals surface area (Å²) in [6.45, 7) is 9.28. The van der Waals surface area contributed by atoms with Crippen molar-refractivity contribution in [3.63, 3.8) is 0 Å². The van der Waals surface area contributed by atoms with Crippen molar-refractivity contribution in [3.05, 3.63) is 103 Å². The topological polar surface area (TPSA) is 133 Å². The summed E-state index contributed by atoms with van der Waals surface area (Å²) in [7, 11) is 0. The number of rotatable bonds is 11. The summed E-state index contributed by atoms with van der Waals surface area (Å²) in [5.41, 5.74) is 5.24. The molecule has 0 fully saturated rings. The number of carbonyl (C=O) groups is 1. The molecule has 0 saturated carbocycles. The summed E-state index contributed by atoms with van der Waals surface area (Å²) < 4.78 is 22.6. The van der Waals surface area contributed by atoms with Crippen molar-refractivity contribution in [2.24, 2.45) is 0 Å². The van der Waals surface area contributed by atoms with Gasteiger partial charge < -0.3 is 23.8 Å². The minimum Gasteiger partial charge on any atom is -0.490 e. The smallest absolute Gasteiger partial charge is 0.440 e.